The van der Waals surface area contributed by atoms with Crippen molar-refractivity contribution < 1.29 is 9.53 Å². The van der Waals surface area contributed by atoms with Crippen LogP contribution in [0.5, 0.6) is 5.75 Å². The first-order chi connectivity index (χ1) is 10.8. The van der Waals surface area contributed by atoms with Gasteiger partial charge in [0.1, 0.15) is 5.75 Å². The molecule has 0 aromatic heterocycles. The number of urea groups is 1. The maximum absolute atomic E-state index is 12.0. The van der Waals surface area contributed by atoms with Crippen molar-refractivity contribution in [1.29, 1.82) is 0 Å². The van der Waals surface area contributed by atoms with Crippen molar-refractivity contribution in [2.75, 3.05) is 26.7 Å². The molecule has 0 aliphatic heterocycles. The SMILES string of the molecule is CN(CCCOc1ccccc1)C(=O)NCCC1CCCC1. The number of carbonyl (C=O) groups excluding carboxylic acids is 1. The lowest BCUT2D eigenvalue weighted by atomic mass is 10.0. The summed E-state index contributed by atoms with van der Waals surface area (Å²) >= 11 is 0. The van der Waals surface area contributed by atoms with Crippen LogP contribution in [0, 0.1) is 5.92 Å². The summed E-state index contributed by atoms with van der Waals surface area (Å²) in [5, 5.41) is 3.01. The van der Waals surface area contributed by atoms with Crippen LogP contribution in [0.2, 0.25) is 0 Å². The first-order valence-corrected chi connectivity index (χ1v) is 8.42. The van der Waals surface area contributed by atoms with Crippen molar-refractivity contribution in [3.05, 3.63) is 30.3 Å². The Labute approximate surface area is 133 Å². The van der Waals surface area contributed by atoms with Gasteiger partial charge in [-0.1, -0.05) is 43.9 Å². The van der Waals surface area contributed by atoms with Gasteiger partial charge in [-0.15, -0.1) is 0 Å². The minimum absolute atomic E-state index is 0.0257. The highest BCUT2D eigenvalue weighted by Gasteiger charge is 2.15. The van der Waals surface area contributed by atoms with Crippen molar-refractivity contribution >= 4 is 6.03 Å². The normalized spacial score (nSPS) is 14.8. The maximum Gasteiger partial charge on any atom is 0.317 e. The number of hydrogen-bond acceptors (Lipinski definition) is 2. The lowest BCUT2D eigenvalue weighted by Crippen LogP contribution is -2.38. The molecule has 1 saturated carbocycles. The van der Waals surface area contributed by atoms with Crippen LogP contribution in [0.3, 0.4) is 0 Å². The largest absolute Gasteiger partial charge is 0.494 e. The molecule has 1 fully saturated rings. The molecule has 22 heavy (non-hydrogen) atoms. The second kappa shape index (κ2) is 9.34. The van der Waals surface area contributed by atoms with E-state index in [9.17, 15) is 4.79 Å². The molecule has 0 spiro atoms. The van der Waals surface area contributed by atoms with Crippen molar-refractivity contribution in [3.63, 3.8) is 0 Å². The fourth-order valence-corrected chi connectivity index (χ4v) is 2.93. The van der Waals surface area contributed by atoms with Gasteiger partial charge in [0.25, 0.3) is 0 Å². The smallest absolute Gasteiger partial charge is 0.317 e. The number of benzene rings is 1. The van der Waals surface area contributed by atoms with Gasteiger partial charge >= 0.3 is 6.03 Å². The topological polar surface area (TPSA) is 41.6 Å². The van der Waals surface area contributed by atoms with Crippen LogP contribution in [-0.2, 0) is 0 Å². The molecule has 0 saturated heterocycles. The minimum Gasteiger partial charge on any atom is -0.494 e. The van der Waals surface area contributed by atoms with E-state index >= 15 is 0 Å². The molecule has 0 unspecified atom stereocenters. The third-order valence-electron chi connectivity index (χ3n) is 4.30. The zero-order chi connectivity index (χ0) is 15.6. The zero-order valence-electron chi connectivity index (χ0n) is 13.6. The molecular formula is C18H28N2O2. The number of rotatable bonds is 8. The summed E-state index contributed by atoms with van der Waals surface area (Å²) in [5.41, 5.74) is 0. The second-order valence-electron chi connectivity index (χ2n) is 6.11. The lowest BCUT2D eigenvalue weighted by Gasteiger charge is -2.18. The number of nitrogens with one attached hydrogen (secondary N) is 1. The molecule has 1 aromatic carbocycles. The number of ether oxygens (including phenoxy) is 1. The first kappa shape index (κ1) is 16.7. The molecule has 1 aliphatic carbocycles. The van der Waals surface area contributed by atoms with Gasteiger partial charge < -0.3 is 15.0 Å². The van der Waals surface area contributed by atoms with Crippen LogP contribution >= 0.6 is 0 Å². The quantitative estimate of drug-likeness (QED) is 0.744. The number of hydrogen-bond donors (Lipinski definition) is 1. The Morgan fingerprint density at radius 2 is 2.00 bits per heavy atom. The summed E-state index contributed by atoms with van der Waals surface area (Å²) in [5.74, 6) is 1.70. The van der Waals surface area contributed by atoms with E-state index in [0.29, 0.717) is 13.2 Å². The van der Waals surface area contributed by atoms with E-state index in [4.69, 9.17) is 4.74 Å². The molecule has 2 amide bonds. The van der Waals surface area contributed by atoms with E-state index in [2.05, 4.69) is 5.32 Å². The van der Waals surface area contributed by atoms with E-state index in [1.54, 1.807) is 4.90 Å². The molecule has 122 valence electrons. The van der Waals surface area contributed by atoms with Gasteiger partial charge in [-0.25, -0.2) is 4.79 Å². The third kappa shape index (κ3) is 5.96. The summed E-state index contributed by atoms with van der Waals surface area (Å²) in [6.45, 7) is 2.14. The summed E-state index contributed by atoms with van der Waals surface area (Å²) in [4.78, 5) is 13.7. The fraction of sp³-hybridized carbons (Fsp3) is 0.611. The Hall–Kier alpha value is -1.71. The molecule has 1 N–H and O–H groups in total. The van der Waals surface area contributed by atoms with Crippen LogP contribution in [0.4, 0.5) is 4.79 Å². The van der Waals surface area contributed by atoms with Crippen LogP contribution < -0.4 is 10.1 Å². The Morgan fingerprint density at radius 1 is 1.27 bits per heavy atom. The van der Waals surface area contributed by atoms with E-state index in [0.717, 1.165) is 31.1 Å². The van der Waals surface area contributed by atoms with Gasteiger partial charge in [-0.2, -0.15) is 0 Å². The van der Waals surface area contributed by atoms with Crippen molar-refractivity contribution in [2.24, 2.45) is 5.92 Å². The minimum atomic E-state index is 0.0257. The van der Waals surface area contributed by atoms with E-state index in [1.165, 1.54) is 25.7 Å². The second-order valence-corrected chi connectivity index (χ2v) is 6.11. The van der Waals surface area contributed by atoms with Gasteiger partial charge in [-0.3, -0.25) is 0 Å². The Balaban J connectivity index is 1.52. The highest BCUT2D eigenvalue weighted by molar-refractivity contribution is 5.73. The number of amides is 2. The van der Waals surface area contributed by atoms with Crippen LogP contribution in [0.25, 0.3) is 0 Å². The summed E-state index contributed by atoms with van der Waals surface area (Å²) in [6.07, 6.45) is 7.35. The molecular weight excluding hydrogens is 276 g/mol. The van der Waals surface area contributed by atoms with Crippen molar-refractivity contribution in [3.8, 4) is 5.75 Å². The number of para-hydroxylation sites is 1. The monoisotopic (exact) mass is 304 g/mol. The van der Waals surface area contributed by atoms with Crippen LogP contribution in [0.1, 0.15) is 38.5 Å². The molecule has 0 heterocycles. The van der Waals surface area contributed by atoms with Gasteiger partial charge in [0.2, 0.25) is 0 Å². The first-order valence-electron chi connectivity index (χ1n) is 8.42. The number of carbonyl (C=O) groups is 1. The van der Waals surface area contributed by atoms with Crippen LogP contribution in [0.15, 0.2) is 30.3 Å². The summed E-state index contributed by atoms with van der Waals surface area (Å²) in [7, 11) is 1.84. The van der Waals surface area contributed by atoms with Crippen LogP contribution in [-0.4, -0.2) is 37.7 Å². The highest BCUT2D eigenvalue weighted by Crippen LogP contribution is 2.26. The highest BCUT2D eigenvalue weighted by atomic mass is 16.5. The molecule has 1 aromatic rings. The maximum atomic E-state index is 12.0. The predicted molar refractivity (Wildman–Crippen MR) is 89.2 cm³/mol. The van der Waals surface area contributed by atoms with Gasteiger partial charge in [0, 0.05) is 20.1 Å². The molecule has 0 atom stereocenters. The summed E-state index contributed by atoms with van der Waals surface area (Å²) in [6, 6.07) is 9.80. The Morgan fingerprint density at radius 3 is 2.73 bits per heavy atom. The average molecular weight is 304 g/mol. The molecule has 4 heteroatoms. The number of nitrogens with zero attached hydrogens (tertiary/aromatic N) is 1. The van der Waals surface area contributed by atoms with E-state index in [1.807, 2.05) is 37.4 Å². The van der Waals surface area contributed by atoms with Gasteiger partial charge in [0.05, 0.1) is 6.61 Å². The predicted octanol–water partition coefficient (Wildman–Crippen LogP) is 3.68. The van der Waals surface area contributed by atoms with Crippen molar-refractivity contribution in [1.82, 2.24) is 10.2 Å². The third-order valence-corrected chi connectivity index (χ3v) is 4.30. The van der Waals surface area contributed by atoms with Crippen molar-refractivity contribution in [2.45, 2.75) is 38.5 Å². The molecule has 4 nitrogen and oxygen atoms in total. The van der Waals surface area contributed by atoms with Gasteiger partial charge in [0.15, 0.2) is 0 Å². The molecule has 0 bridgehead atoms. The zero-order valence-corrected chi connectivity index (χ0v) is 13.6. The molecule has 0 radical (unpaired) electrons. The van der Waals surface area contributed by atoms with Gasteiger partial charge in [-0.05, 0) is 30.9 Å². The Bertz CT molecular complexity index is 430. The van der Waals surface area contributed by atoms with E-state index < -0.39 is 0 Å². The lowest BCUT2D eigenvalue weighted by molar-refractivity contribution is 0.202. The fourth-order valence-electron chi connectivity index (χ4n) is 2.93. The average Bonchev–Trinajstić information content (AvgIpc) is 3.05. The van der Waals surface area contributed by atoms with E-state index in [-0.39, 0.29) is 6.03 Å². The molecule has 2 rings (SSSR count). The Kier molecular flexibility index (Phi) is 7.07. The summed E-state index contributed by atoms with van der Waals surface area (Å²) < 4.78 is 5.63. The standard InChI is InChI=1S/C18H28N2O2/c1-20(14-7-15-22-17-10-3-2-4-11-17)18(21)19-13-12-16-8-5-6-9-16/h2-4,10-11,16H,5-9,12-15H2,1H3,(H,19,21). The molecule has 1 aliphatic rings.